The normalized spacial score (nSPS) is 10.2. The van der Waals surface area contributed by atoms with Crippen molar-refractivity contribution >= 4 is 11.8 Å². The first-order valence-corrected chi connectivity index (χ1v) is 8.33. The van der Waals surface area contributed by atoms with Gasteiger partial charge in [-0.25, -0.2) is 0 Å². The van der Waals surface area contributed by atoms with Crippen LogP contribution in [0.1, 0.15) is 22.3 Å². The average molecular weight is 356 g/mol. The molecule has 26 heavy (non-hydrogen) atoms. The number of ether oxygens (including phenoxy) is 2. The van der Waals surface area contributed by atoms with E-state index in [-0.39, 0.29) is 13.2 Å². The van der Waals surface area contributed by atoms with Gasteiger partial charge in [0.05, 0.1) is 0 Å². The second-order valence-corrected chi connectivity index (χ2v) is 6.14. The van der Waals surface area contributed by atoms with Crippen LogP contribution in [0.5, 0.6) is 11.5 Å². The summed E-state index contributed by atoms with van der Waals surface area (Å²) in [6, 6.07) is 11.4. The SMILES string of the molecule is Cc1ccc(C)c(OCC(=O)NNC(=O)COc2cccc(C)c2C)c1. The molecule has 0 spiro atoms. The van der Waals surface area contributed by atoms with Crippen LogP contribution in [0, 0.1) is 27.7 Å². The zero-order valence-corrected chi connectivity index (χ0v) is 15.5. The van der Waals surface area contributed by atoms with E-state index in [2.05, 4.69) is 10.9 Å². The highest BCUT2D eigenvalue weighted by Crippen LogP contribution is 2.20. The van der Waals surface area contributed by atoms with Crippen LogP contribution in [0.25, 0.3) is 0 Å². The molecule has 0 aromatic heterocycles. The fourth-order valence-corrected chi connectivity index (χ4v) is 2.24. The first-order chi connectivity index (χ1) is 12.4. The van der Waals surface area contributed by atoms with Gasteiger partial charge in [-0.15, -0.1) is 0 Å². The highest BCUT2D eigenvalue weighted by molar-refractivity contribution is 5.83. The van der Waals surface area contributed by atoms with Crippen molar-refractivity contribution in [2.24, 2.45) is 0 Å². The number of hydrogen-bond donors (Lipinski definition) is 2. The number of hydrogen-bond acceptors (Lipinski definition) is 4. The van der Waals surface area contributed by atoms with Gasteiger partial charge in [-0.1, -0.05) is 24.3 Å². The van der Waals surface area contributed by atoms with Gasteiger partial charge >= 0.3 is 0 Å². The molecule has 2 rings (SSSR count). The molecule has 0 saturated heterocycles. The lowest BCUT2D eigenvalue weighted by molar-refractivity contribution is -0.131. The Labute approximate surface area is 153 Å². The zero-order valence-electron chi connectivity index (χ0n) is 15.5. The van der Waals surface area contributed by atoms with E-state index < -0.39 is 11.8 Å². The van der Waals surface area contributed by atoms with Gasteiger partial charge in [-0.2, -0.15) is 0 Å². The van der Waals surface area contributed by atoms with E-state index in [1.54, 1.807) is 6.07 Å². The van der Waals surface area contributed by atoms with E-state index in [0.29, 0.717) is 11.5 Å². The lowest BCUT2D eigenvalue weighted by Gasteiger charge is -2.12. The molecule has 0 radical (unpaired) electrons. The number of carbonyl (C=O) groups is 2. The maximum absolute atomic E-state index is 11.8. The quantitative estimate of drug-likeness (QED) is 0.780. The molecule has 0 aliphatic rings. The number of rotatable bonds is 6. The minimum Gasteiger partial charge on any atom is -0.483 e. The molecular weight excluding hydrogens is 332 g/mol. The van der Waals surface area contributed by atoms with Crippen LogP contribution < -0.4 is 20.3 Å². The van der Waals surface area contributed by atoms with Crippen LogP contribution in [-0.4, -0.2) is 25.0 Å². The molecule has 6 heteroatoms. The van der Waals surface area contributed by atoms with Gasteiger partial charge in [0.1, 0.15) is 11.5 Å². The van der Waals surface area contributed by atoms with Gasteiger partial charge < -0.3 is 9.47 Å². The third-order valence-electron chi connectivity index (χ3n) is 3.96. The largest absolute Gasteiger partial charge is 0.483 e. The number of benzene rings is 2. The summed E-state index contributed by atoms with van der Waals surface area (Å²) >= 11 is 0. The fourth-order valence-electron chi connectivity index (χ4n) is 2.24. The fraction of sp³-hybridized carbons (Fsp3) is 0.300. The Balaban J connectivity index is 1.74. The minimum atomic E-state index is -0.453. The number of carbonyl (C=O) groups excluding carboxylic acids is 2. The van der Waals surface area contributed by atoms with Crippen molar-refractivity contribution in [1.82, 2.24) is 10.9 Å². The monoisotopic (exact) mass is 356 g/mol. The molecule has 0 fully saturated rings. The molecule has 0 heterocycles. The highest BCUT2D eigenvalue weighted by Gasteiger charge is 2.09. The van der Waals surface area contributed by atoms with Crippen molar-refractivity contribution in [2.75, 3.05) is 13.2 Å². The second kappa shape index (κ2) is 8.89. The molecule has 0 aliphatic heterocycles. The summed E-state index contributed by atoms with van der Waals surface area (Å²) in [7, 11) is 0. The van der Waals surface area contributed by atoms with Gasteiger partial charge in [-0.05, 0) is 62.1 Å². The number of hydrazine groups is 1. The third kappa shape index (κ3) is 5.51. The van der Waals surface area contributed by atoms with Gasteiger partial charge in [0.25, 0.3) is 11.8 Å². The van der Waals surface area contributed by atoms with Crippen LogP contribution >= 0.6 is 0 Å². The van der Waals surface area contributed by atoms with E-state index in [1.807, 2.05) is 58.0 Å². The summed E-state index contributed by atoms with van der Waals surface area (Å²) in [6.45, 7) is 7.36. The molecule has 2 N–H and O–H groups in total. The number of aryl methyl sites for hydroxylation is 3. The smallest absolute Gasteiger partial charge is 0.276 e. The molecule has 138 valence electrons. The van der Waals surface area contributed by atoms with Crippen LogP contribution in [0.3, 0.4) is 0 Å². The Morgan fingerprint density at radius 2 is 1.42 bits per heavy atom. The molecule has 2 aromatic rings. The predicted octanol–water partition coefficient (Wildman–Crippen LogP) is 2.53. The number of amides is 2. The van der Waals surface area contributed by atoms with E-state index in [0.717, 1.165) is 22.3 Å². The van der Waals surface area contributed by atoms with E-state index in [9.17, 15) is 9.59 Å². The van der Waals surface area contributed by atoms with Crippen LogP contribution in [0.2, 0.25) is 0 Å². The molecule has 0 unspecified atom stereocenters. The maximum Gasteiger partial charge on any atom is 0.276 e. The van der Waals surface area contributed by atoms with E-state index in [4.69, 9.17) is 9.47 Å². The molecule has 0 bridgehead atoms. The van der Waals surface area contributed by atoms with Crippen molar-refractivity contribution in [3.63, 3.8) is 0 Å². The maximum atomic E-state index is 11.8. The minimum absolute atomic E-state index is 0.192. The summed E-state index contributed by atoms with van der Waals surface area (Å²) in [6.07, 6.45) is 0. The lowest BCUT2D eigenvalue weighted by Crippen LogP contribution is -2.45. The summed E-state index contributed by atoms with van der Waals surface area (Å²) in [5.74, 6) is 0.381. The van der Waals surface area contributed by atoms with E-state index >= 15 is 0 Å². The highest BCUT2D eigenvalue weighted by atomic mass is 16.5. The third-order valence-corrected chi connectivity index (χ3v) is 3.96. The van der Waals surface area contributed by atoms with Gasteiger partial charge in [0, 0.05) is 0 Å². The van der Waals surface area contributed by atoms with Crippen LogP contribution in [0.4, 0.5) is 0 Å². The number of nitrogens with one attached hydrogen (secondary N) is 2. The van der Waals surface area contributed by atoms with Gasteiger partial charge in [-0.3, -0.25) is 20.4 Å². The zero-order chi connectivity index (χ0) is 19.1. The first-order valence-electron chi connectivity index (χ1n) is 8.33. The summed E-state index contributed by atoms with van der Waals surface area (Å²) in [5, 5.41) is 0. The standard InChI is InChI=1S/C20H24N2O4/c1-13-8-9-15(3)18(10-13)26-12-20(24)22-21-19(23)11-25-17-7-5-6-14(2)16(17)4/h5-10H,11-12H2,1-4H3,(H,21,23)(H,22,24). The van der Waals surface area contributed by atoms with Crippen molar-refractivity contribution in [2.45, 2.75) is 27.7 Å². The molecule has 0 atom stereocenters. The Kier molecular flexibility index (Phi) is 6.60. The molecule has 2 aromatic carbocycles. The lowest BCUT2D eigenvalue weighted by atomic mass is 10.1. The molecule has 6 nitrogen and oxygen atoms in total. The summed E-state index contributed by atoms with van der Waals surface area (Å²) in [5.41, 5.74) is 8.66. The summed E-state index contributed by atoms with van der Waals surface area (Å²) in [4.78, 5) is 23.6. The first kappa shape index (κ1) is 19.3. The predicted molar refractivity (Wildman–Crippen MR) is 99.1 cm³/mol. The molecule has 0 aliphatic carbocycles. The Morgan fingerprint density at radius 1 is 0.808 bits per heavy atom. The Hall–Kier alpha value is -3.02. The molecular formula is C20H24N2O4. The van der Waals surface area contributed by atoms with Crippen LogP contribution in [-0.2, 0) is 9.59 Å². The van der Waals surface area contributed by atoms with Gasteiger partial charge in [0.2, 0.25) is 0 Å². The molecule has 0 saturated carbocycles. The molecule has 2 amide bonds. The average Bonchev–Trinajstić information content (AvgIpc) is 2.62. The van der Waals surface area contributed by atoms with Crippen molar-refractivity contribution < 1.29 is 19.1 Å². The van der Waals surface area contributed by atoms with Gasteiger partial charge in [0.15, 0.2) is 13.2 Å². The summed E-state index contributed by atoms with van der Waals surface area (Å²) < 4.78 is 11.0. The van der Waals surface area contributed by atoms with Crippen molar-refractivity contribution in [3.8, 4) is 11.5 Å². The Bertz CT molecular complexity index is 784. The van der Waals surface area contributed by atoms with Crippen molar-refractivity contribution in [1.29, 1.82) is 0 Å². The topological polar surface area (TPSA) is 76.7 Å². The van der Waals surface area contributed by atoms with Crippen LogP contribution in [0.15, 0.2) is 36.4 Å². The Morgan fingerprint density at radius 3 is 2.08 bits per heavy atom. The second-order valence-electron chi connectivity index (χ2n) is 6.14. The van der Waals surface area contributed by atoms with E-state index in [1.165, 1.54) is 0 Å². The van der Waals surface area contributed by atoms with Crippen molar-refractivity contribution in [3.05, 3.63) is 58.7 Å².